The highest BCUT2D eigenvalue weighted by atomic mass is 14.7. The molecule has 4 saturated carbocycles. The number of hydrogen-bond acceptors (Lipinski definition) is 0. The maximum atomic E-state index is 2.58. The first kappa shape index (κ1) is 29.5. The van der Waals surface area contributed by atoms with Crippen molar-refractivity contribution in [3.8, 4) is 0 Å². The van der Waals surface area contributed by atoms with E-state index in [0.717, 1.165) is 6.42 Å². The van der Waals surface area contributed by atoms with Crippen molar-refractivity contribution in [3.05, 3.63) is 192 Å². The van der Waals surface area contributed by atoms with Crippen LogP contribution in [0.2, 0.25) is 0 Å². The van der Waals surface area contributed by atoms with E-state index in [-0.39, 0.29) is 21.7 Å². The summed E-state index contributed by atoms with van der Waals surface area (Å²) >= 11 is 0. The first-order valence-electron chi connectivity index (χ1n) is 19.0. The summed E-state index contributed by atoms with van der Waals surface area (Å²) in [5.74, 6) is 0. The van der Waals surface area contributed by atoms with Crippen LogP contribution in [0, 0.1) is 5.41 Å². The Morgan fingerprint density at radius 2 is 0.608 bits per heavy atom. The third kappa shape index (κ3) is 4.58. The molecule has 0 heteroatoms. The van der Waals surface area contributed by atoms with Crippen LogP contribution < -0.4 is 0 Å². The number of benzene rings is 8. The molecular formula is C51H42. The zero-order chi connectivity index (χ0) is 33.7. The van der Waals surface area contributed by atoms with Crippen molar-refractivity contribution in [3.63, 3.8) is 0 Å². The first-order chi connectivity index (χ1) is 25.0. The Kier molecular flexibility index (Phi) is 6.17. The van der Waals surface area contributed by atoms with Gasteiger partial charge >= 0.3 is 0 Å². The molecule has 0 atom stereocenters. The monoisotopic (exact) mass is 654 g/mol. The van der Waals surface area contributed by atoms with Crippen LogP contribution in [0.5, 0.6) is 0 Å². The quantitative estimate of drug-likeness (QED) is 0.173. The van der Waals surface area contributed by atoms with Gasteiger partial charge in [0.15, 0.2) is 0 Å². The fourth-order valence-electron chi connectivity index (χ4n) is 12.3. The van der Waals surface area contributed by atoms with Crippen molar-refractivity contribution in [2.45, 2.75) is 61.2 Å². The van der Waals surface area contributed by atoms with Crippen LogP contribution in [0.4, 0.5) is 0 Å². The van der Waals surface area contributed by atoms with Gasteiger partial charge in [-0.2, -0.15) is 0 Å². The van der Waals surface area contributed by atoms with Crippen molar-refractivity contribution >= 4 is 43.1 Å². The third-order valence-electron chi connectivity index (χ3n) is 13.6. The van der Waals surface area contributed by atoms with Gasteiger partial charge in [-0.25, -0.2) is 0 Å². The largest absolute Gasteiger partial charge is 0.0616 e. The lowest BCUT2D eigenvalue weighted by Crippen LogP contribution is -2.66. The Hall–Kier alpha value is -5.20. The minimum Gasteiger partial charge on any atom is -0.0616 e. The van der Waals surface area contributed by atoms with Gasteiger partial charge in [-0.3, -0.25) is 0 Å². The first-order valence-corrected chi connectivity index (χ1v) is 19.0. The highest BCUT2D eigenvalue weighted by Crippen LogP contribution is 2.75. The molecule has 12 rings (SSSR count). The molecule has 0 spiro atoms. The van der Waals surface area contributed by atoms with Gasteiger partial charge in [-0.05, 0) is 132 Å². The van der Waals surface area contributed by atoms with Gasteiger partial charge in [0.05, 0.1) is 0 Å². The highest BCUT2D eigenvalue weighted by molar-refractivity contribution is 5.86. The minimum atomic E-state index is 0.0763. The molecule has 4 fully saturated rings. The molecule has 0 radical (unpaired) electrons. The van der Waals surface area contributed by atoms with Crippen LogP contribution in [0.25, 0.3) is 43.1 Å². The van der Waals surface area contributed by atoms with E-state index in [1.165, 1.54) is 87.2 Å². The second kappa shape index (κ2) is 10.7. The predicted octanol–water partition coefficient (Wildman–Crippen LogP) is 13.0. The van der Waals surface area contributed by atoms with Gasteiger partial charge in [-0.15, -0.1) is 0 Å². The summed E-state index contributed by atoms with van der Waals surface area (Å²) in [4.78, 5) is 0. The van der Waals surface area contributed by atoms with E-state index in [0.29, 0.717) is 0 Å². The van der Waals surface area contributed by atoms with Gasteiger partial charge in [0.25, 0.3) is 0 Å². The maximum Gasteiger partial charge on any atom is -0.00244 e. The Morgan fingerprint density at radius 1 is 0.294 bits per heavy atom. The summed E-state index contributed by atoms with van der Waals surface area (Å²) in [6.07, 6.45) is 8.50. The zero-order valence-corrected chi connectivity index (χ0v) is 29.1. The molecule has 246 valence electrons. The van der Waals surface area contributed by atoms with Crippen LogP contribution in [-0.2, 0) is 22.7 Å². The van der Waals surface area contributed by atoms with Crippen molar-refractivity contribution in [1.29, 1.82) is 0 Å². The summed E-state index contributed by atoms with van der Waals surface area (Å²) in [6, 6.07) is 65.6. The van der Waals surface area contributed by atoms with E-state index < -0.39 is 0 Å². The van der Waals surface area contributed by atoms with Gasteiger partial charge < -0.3 is 0 Å². The van der Waals surface area contributed by atoms with Crippen molar-refractivity contribution < 1.29 is 0 Å². The summed E-state index contributed by atoms with van der Waals surface area (Å²) in [6.45, 7) is 0. The average molecular weight is 655 g/mol. The average Bonchev–Trinajstić information content (AvgIpc) is 3.16. The van der Waals surface area contributed by atoms with E-state index >= 15 is 0 Å². The molecule has 0 heterocycles. The molecule has 4 bridgehead atoms. The summed E-state index contributed by atoms with van der Waals surface area (Å²) in [5.41, 5.74) is 6.55. The lowest BCUT2D eigenvalue weighted by atomic mass is 9.32. The molecule has 4 aliphatic rings. The smallest absolute Gasteiger partial charge is 0.00244 e. The van der Waals surface area contributed by atoms with E-state index in [9.17, 15) is 0 Å². The Labute approximate surface area is 300 Å². The molecule has 0 aliphatic heterocycles. The lowest BCUT2D eigenvalue weighted by Gasteiger charge is -2.71. The molecule has 0 saturated heterocycles. The van der Waals surface area contributed by atoms with Crippen molar-refractivity contribution in [2.24, 2.45) is 5.41 Å². The van der Waals surface area contributed by atoms with E-state index in [2.05, 4.69) is 170 Å². The summed E-state index contributed by atoms with van der Waals surface area (Å²) in [7, 11) is 0. The van der Waals surface area contributed by atoms with Crippen LogP contribution in [-0.4, -0.2) is 0 Å². The van der Waals surface area contributed by atoms with Crippen LogP contribution in [0.3, 0.4) is 0 Å². The van der Waals surface area contributed by atoms with Crippen LogP contribution in [0.15, 0.2) is 170 Å². The molecule has 0 unspecified atom stereocenters. The molecule has 0 aromatic heterocycles. The Morgan fingerprint density at radius 3 is 0.980 bits per heavy atom. The Balaban J connectivity index is 1.17. The van der Waals surface area contributed by atoms with Crippen molar-refractivity contribution in [1.82, 2.24) is 0 Å². The number of hydrogen-bond donors (Lipinski definition) is 0. The molecular weight excluding hydrogens is 613 g/mol. The molecule has 8 aromatic rings. The predicted molar refractivity (Wildman–Crippen MR) is 215 cm³/mol. The van der Waals surface area contributed by atoms with E-state index in [1.54, 1.807) is 16.7 Å². The molecule has 0 N–H and O–H groups in total. The summed E-state index contributed by atoms with van der Waals surface area (Å²) in [5, 5.41) is 10.8. The third-order valence-corrected chi connectivity index (χ3v) is 13.6. The molecule has 51 heavy (non-hydrogen) atoms. The molecule has 0 nitrogen and oxygen atoms in total. The second-order valence-corrected chi connectivity index (χ2v) is 16.9. The van der Waals surface area contributed by atoms with Gasteiger partial charge in [0.1, 0.15) is 0 Å². The van der Waals surface area contributed by atoms with Gasteiger partial charge in [-0.1, -0.05) is 170 Å². The normalized spacial score (nSPS) is 26.7. The fraction of sp³-hybridized carbons (Fsp3) is 0.216. The standard InChI is InChI=1S/C51H42/c1-5-13-41-25-36(17-18-37(41)9-1)29-48-30-49(45-22-19-38-10-2-6-14-42(38)26-45)33-50(31-48,46-23-20-39-11-3-7-15-43(39)27-46)35-51(32-48,34-49)47-24-21-40-12-4-8-16-44(40)28-47/h1-28H,29-35H2. The molecule has 8 aromatic carbocycles. The minimum absolute atomic E-state index is 0.0763. The van der Waals surface area contributed by atoms with E-state index in [4.69, 9.17) is 0 Å². The van der Waals surface area contributed by atoms with Crippen LogP contribution in [0.1, 0.15) is 60.8 Å². The molecule has 0 amide bonds. The number of rotatable bonds is 5. The topological polar surface area (TPSA) is 0 Å². The molecule has 4 aliphatic carbocycles. The summed E-state index contributed by atoms with van der Waals surface area (Å²) < 4.78 is 0. The Bertz CT molecular complexity index is 2420. The van der Waals surface area contributed by atoms with E-state index in [1.807, 2.05) is 0 Å². The van der Waals surface area contributed by atoms with Crippen LogP contribution >= 0.6 is 0 Å². The van der Waals surface area contributed by atoms with Gasteiger partial charge in [0.2, 0.25) is 0 Å². The SMILES string of the molecule is c1ccc2cc(CC34CC5(c6ccc7ccccc7c6)CC(c6ccc7ccccc7c6)(C3)CC(c3ccc6ccccc6c3)(C4)C5)ccc2c1. The zero-order valence-electron chi connectivity index (χ0n) is 29.1. The lowest BCUT2D eigenvalue weighted by molar-refractivity contribution is -0.107. The highest BCUT2D eigenvalue weighted by Gasteiger charge is 2.69. The maximum absolute atomic E-state index is 2.58. The fourth-order valence-corrected chi connectivity index (χ4v) is 12.3. The second-order valence-electron chi connectivity index (χ2n) is 16.9. The number of fused-ring (bicyclic) bond motifs is 4. The van der Waals surface area contributed by atoms with Crippen molar-refractivity contribution in [2.75, 3.05) is 0 Å². The van der Waals surface area contributed by atoms with Gasteiger partial charge in [0, 0.05) is 0 Å².